The lowest BCUT2D eigenvalue weighted by molar-refractivity contribution is 0.492. The van der Waals surface area contributed by atoms with Crippen LogP contribution in [0.15, 0.2) is 48.5 Å². The van der Waals surface area contributed by atoms with Gasteiger partial charge in [0.15, 0.2) is 0 Å². The second kappa shape index (κ2) is 6.67. The van der Waals surface area contributed by atoms with Gasteiger partial charge in [0.1, 0.15) is 5.82 Å². The van der Waals surface area contributed by atoms with Crippen LogP contribution in [0, 0.1) is 5.82 Å². The minimum atomic E-state index is -0.184. The highest BCUT2D eigenvalue weighted by Crippen LogP contribution is 2.20. The van der Waals surface area contributed by atoms with Gasteiger partial charge in [-0.1, -0.05) is 43.3 Å². The van der Waals surface area contributed by atoms with Gasteiger partial charge in [-0.05, 0) is 49.1 Å². The average Bonchev–Trinajstić information content (AvgIpc) is 2.47. The molecule has 0 fully saturated rings. The lowest BCUT2D eigenvalue weighted by atomic mass is 10.0. The SMILES string of the molecule is CCc1ccc(C(C)N[C@H](C)c2cccc(F)c2)cc1. The first-order chi connectivity index (χ1) is 9.60. The van der Waals surface area contributed by atoms with Gasteiger partial charge < -0.3 is 5.32 Å². The fourth-order valence-electron chi connectivity index (χ4n) is 2.39. The molecule has 0 aromatic heterocycles. The standard InChI is InChI=1S/C18H22FN/c1-4-15-8-10-16(11-9-15)13(2)20-14(3)17-6-5-7-18(19)12-17/h5-14,20H,4H2,1-3H3/t13?,14-/m1/s1. The molecule has 0 amide bonds. The zero-order chi connectivity index (χ0) is 14.5. The lowest BCUT2D eigenvalue weighted by Gasteiger charge is -2.21. The minimum absolute atomic E-state index is 0.117. The second-order valence-corrected chi connectivity index (χ2v) is 5.26. The summed E-state index contributed by atoms with van der Waals surface area (Å²) in [6.45, 7) is 6.35. The number of benzene rings is 2. The van der Waals surface area contributed by atoms with Crippen molar-refractivity contribution in [2.45, 2.75) is 39.3 Å². The number of rotatable bonds is 5. The van der Waals surface area contributed by atoms with Gasteiger partial charge in [0.05, 0.1) is 0 Å². The molecule has 0 saturated carbocycles. The summed E-state index contributed by atoms with van der Waals surface area (Å²) < 4.78 is 13.2. The minimum Gasteiger partial charge on any atom is -0.304 e. The molecule has 0 radical (unpaired) electrons. The third kappa shape index (κ3) is 3.67. The van der Waals surface area contributed by atoms with E-state index < -0.39 is 0 Å². The van der Waals surface area contributed by atoms with Crippen molar-refractivity contribution in [3.8, 4) is 0 Å². The zero-order valence-electron chi connectivity index (χ0n) is 12.4. The number of aryl methyl sites for hydroxylation is 1. The summed E-state index contributed by atoms with van der Waals surface area (Å²) in [5.41, 5.74) is 3.58. The normalized spacial score (nSPS) is 14.0. The van der Waals surface area contributed by atoms with Crippen LogP contribution in [0.2, 0.25) is 0 Å². The zero-order valence-corrected chi connectivity index (χ0v) is 12.4. The van der Waals surface area contributed by atoms with E-state index in [1.54, 1.807) is 12.1 Å². The molecule has 0 spiro atoms. The Morgan fingerprint density at radius 3 is 2.20 bits per heavy atom. The summed E-state index contributed by atoms with van der Waals surface area (Å²) in [6.07, 6.45) is 1.06. The molecular formula is C18H22FN. The summed E-state index contributed by atoms with van der Waals surface area (Å²) >= 11 is 0. The molecule has 106 valence electrons. The summed E-state index contributed by atoms with van der Waals surface area (Å²) in [5.74, 6) is -0.184. The van der Waals surface area contributed by atoms with Crippen molar-refractivity contribution in [1.29, 1.82) is 0 Å². The van der Waals surface area contributed by atoms with Crippen molar-refractivity contribution in [2.24, 2.45) is 0 Å². The van der Waals surface area contributed by atoms with Gasteiger partial charge in [-0.15, -0.1) is 0 Å². The van der Waals surface area contributed by atoms with Crippen molar-refractivity contribution in [3.05, 3.63) is 71.0 Å². The van der Waals surface area contributed by atoms with Crippen LogP contribution in [-0.4, -0.2) is 0 Å². The number of hydrogen-bond acceptors (Lipinski definition) is 1. The molecule has 1 unspecified atom stereocenters. The molecule has 1 N–H and O–H groups in total. The molecule has 2 heteroatoms. The predicted molar refractivity (Wildman–Crippen MR) is 82.2 cm³/mol. The molecule has 0 saturated heterocycles. The topological polar surface area (TPSA) is 12.0 Å². The maximum absolute atomic E-state index is 13.2. The van der Waals surface area contributed by atoms with Gasteiger partial charge in [0.2, 0.25) is 0 Å². The largest absolute Gasteiger partial charge is 0.304 e. The first kappa shape index (κ1) is 14.7. The van der Waals surface area contributed by atoms with Gasteiger partial charge in [-0.3, -0.25) is 0 Å². The first-order valence-electron chi connectivity index (χ1n) is 7.20. The van der Waals surface area contributed by atoms with E-state index in [9.17, 15) is 4.39 Å². The highest BCUT2D eigenvalue weighted by molar-refractivity contribution is 5.26. The number of hydrogen-bond donors (Lipinski definition) is 1. The molecule has 0 aliphatic carbocycles. The van der Waals surface area contributed by atoms with E-state index in [2.05, 4.69) is 50.4 Å². The van der Waals surface area contributed by atoms with Crippen molar-refractivity contribution < 1.29 is 4.39 Å². The third-order valence-electron chi connectivity index (χ3n) is 3.74. The summed E-state index contributed by atoms with van der Waals surface area (Å²) in [6, 6.07) is 15.8. The van der Waals surface area contributed by atoms with Crippen LogP contribution in [-0.2, 0) is 6.42 Å². The average molecular weight is 271 g/mol. The van der Waals surface area contributed by atoms with Crippen LogP contribution < -0.4 is 5.32 Å². The molecule has 0 aliphatic rings. The number of nitrogens with one attached hydrogen (secondary N) is 1. The Kier molecular flexibility index (Phi) is 4.91. The fraction of sp³-hybridized carbons (Fsp3) is 0.333. The Labute approximate surface area is 120 Å². The predicted octanol–water partition coefficient (Wildman–Crippen LogP) is 4.80. The Hall–Kier alpha value is -1.67. The molecule has 2 aromatic rings. The second-order valence-electron chi connectivity index (χ2n) is 5.26. The quantitative estimate of drug-likeness (QED) is 0.823. The summed E-state index contributed by atoms with van der Waals surface area (Å²) in [5, 5.41) is 3.51. The van der Waals surface area contributed by atoms with E-state index in [1.807, 2.05) is 6.07 Å². The maximum atomic E-state index is 13.2. The highest BCUT2D eigenvalue weighted by atomic mass is 19.1. The van der Waals surface area contributed by atoms with Crippen LogP contribution in [0.3, 0.4) is 0 Å². The van der Waals surface area contributed by atoms with E-state index in [-0.39, 0.29) is 17.9 Å². The van der Waals surface area contributed by atoms with Crippen LogP contribution in [0.5, 0.6) is 0 Å². The van der Waals surface area contributed by atoms with Crippen molar-refractivity contribution in [3.63, 3.8) is 0 Å². The molecule has 1 nitrogen and oxygen atoms in total. The molecule has 20 heavy (non-hydrogen) atoms. The smallest absolute Gasteiger partial charge is 0.123 e. The van der Waals surface area contributed by atoms with Crippen molar-refractivity contribution in [1.82, 2.24) is 5.32 Å². The highest BCUT2D eigenvalue weighted by Gasteiger charge is 2.11. The van der Waals surface area contributed by atoms with E-state index >= 15 is 0 Å². The maximum Gasteiger partial charge on any atom is 0.123 e. The third-order valence-corrected chi connectivity index (χ3v) is 3.74. The van der Waals surface area contributed by atoms with Crippen LogP contribution in [0.4, 0.5) is 4.39 Å². The fourth-order valence-corrected chi connectivity index (χ4v) is 2.39. The van der Waals surface area contributed by atoms with E-state index in [0.29, 0.717) is 0 Å². The van der Waals surface area contributed by atoms with Crippen molar-refractivity contribution in [2.75, 3.05) is 0 Å². The van der Waals surface area contributed by atoms with Gasteiger partial charge in [0, 0.05) is 12.1 Å². The van der Waals surface area contributed by atoms with Gasteiger partial charge >= 0.3 is 0 Å². The van der Waals surface area contributed by atoms with E-state index in [4.69, 9.17) is 0 Å². The van der Waals surface area contributed by atoms with Crippen molar-refractivity contribution >= 4 is 0 Å². The lowest BCUT2D eigenvalue weighted by Crippen LogP contribution is -2.22. The molecule has 2 rings (SSSR count). The van der Waals surface area contributed by atoms with Crippen LogP contribution >= 0.6 is 0 Å². The Morgan fingerprint density at radius 1 is 0.950 bits per heavy atom. The Morgan fingerprint density at radius 2 is 1.60 bits per heavy atom. The summed E-state index contributed by atoms with van der Waals surface area (Å²) in [4.78, 5) is 0. The molecular weight excluding hydrogens is 249 g/mol. The number of halogens is 1. The first-order valence-corrected chi connectivity index (χ1v) is 7.20. The monoisotopic (exact) mass is 271 g/mol. The van der Waals surface area contributed by atoms with Crippen LogP contribution in [0.25, 0.3) is 0 Å². The van der Waals surface area contributed by atoms with Gasteiger partial charge in [-0.25, -0.2) is 4.39 Å². The van der Waals surface area contributed by atoms with Gasteiger partial charge in [0.25, 0.3) is 0 Å². The van der Waals surface area contributed by atoms with Gasteiger partial charge in [-0.2, -0.15) is 0 Å². The Balaban J connectivity index is 2.04. The van der Waals surface area contributed by atoms with Crippen LogP contribution in [0.1, 0.15) is 49.5 Å². The molecule has 2 aromatic carbocycles. The molecule has 2 atom stereocenters. The molecule has 0 bridgehead atoms. The molecule has 0 heterocycles. The van der Waals surface area contributed by atoms with E-state index in [0.717, 1.165) is 12.0 Å². The molecule has 0 aliphatic heterocycles. The Bertz CT molecular complexity index is 548. The summed E-state index contributed by atoms with van der Waals surface area (Å²) in [7, 11) is 0. The van der Waals surface area contributed by atoms with E-state index in [1.165, 1.54) is 17.2 Å².